The fourth-order valence-electron chi connectivity index (χ4n) is 4.23. The molecule has 3 heterocycles. The Hall–Kier alpha value is -1.93. The normalized spacial score (nSPS) is 21.4. The average Bonchev–Trinajstić information content (AvgIpc) is 3.09. The number of hydrogen-bond donors (Lipinski definition) is 0. The lowest BCUT2D eigenvalue weighted by molar-refractivity contribution is -0.132. The van der Waals surface area contributed by atoms with Crippen molar-refractivity contribution in [3.8, 4) is 0 Å². The van der Waals surface area contributed by atoms with Gasteiger partial charge in [-0.3, -0.25) is 14.5 Å². The second-order valence-electron chi connectivity index (χ2n) is 7.70. The number of nitrogens with zero attached hydrogens (tertiary/aromatic N) is 4. The van der Waals surface area contributed by atoms with E-state index in [4.69, 9.17) is 9.26 Å². The van der Waals surface area contributed by atoms with Gasteiger partial charge in [-0.1, -0.05) is 5.16 Å². The van der Waals surface area contributed by atoms with Gasteiger partial charge < -0.3 is 19.1 Å². The van der Waals surface area contributed by atoms with Crippen molar-refractivity contribution in [2.24, 2.45) is 0 Å². The SMILES string of the molecule is COCCN1CC[C@H](N2CCCN(C(=O)CCc3c(C)noc3C)CC2)C1=O. The highest BCUT2D eigenvalue weighted by atomic mass is 16.5. The number of carbonyl (C=O) groups excluding carboxylic acids is 2. The van der Waals surface area contributed by atoms with Gasteiger partial charge >= 0.3 is 0 Å². The summed E-state index contributed by atoms with van der Waals surface area (Å²) >= 11 is 0. The highest BCUT2D eigenvalue weighted by Gasteiger charge is 2.36. The van der Waals surface area contributed by atoms with E-state index in [0.717, 1.165) is 56.0 Å². The molecule has 28 heavy (non-hydrogen) atoms. The first-order valence-corrected chi connectivity index (χ1v) is 10.2. The molecule has 0 radical (unpaired) electrons. The third-order valence-electron chi connectivity index (χ3n) is 5.93. The third-order valence-corrected chi connectivity index (χ3v) is 5.93. The van der Waals surface area contributed by atoms with Crippen LogP contribution in [-0.2, 0) is 20.7 Å². The monoisotopic (exact) mass is 392 g/mol. The van der Waals surface area contributed by atoms with Crippen molar-refractivity contribution < 1.29 is 18.8 Å². The van der Waals surface area contributed by atoms with Gasteiger partial charge in [0.1, 0.15) is 5.76 Å². The number of likely N-dealkylation sites (tertiary alicyclic amines) is 1. The van der Waals surface area contributed by atoms with Crippen molar-refractivity contribution in [3.05, 3.63) is 17.0 Å². The largest absolute Gasteiger partial charge is 0.383 e. The minimum Gasteiger partial charge on any atom is -0.383 e. The number of carbonyl (C=O) groups is 2. The zero-order valence-electron chi connectivity index (χ0n) is 17.3. The average molecular weight is 393 g/mol. The van der Waals surface area contributed by atoms with Crippen LogP contribution >= 0.6 is 0 Å². The van der Waals surface area contributed by atoms with E-state index in [-0.39, 0.29) is 17.9 Å². The van der Waals surface area contributed by atoms with Crippen LogP contribution in [0.15, 0.2) is 4.52 Å². The lowest BCUT2D eigenvalue weighted by Gasteiger charge is -2.26. The molecule has 2 aliphatic heterocycles. The summed E-state index contributed by atoms with van der Waals surface area (Å²) in [5, 5.41) is 3.96. The lowest BCUT2D eigenvalue weighted by atomic mass is 10.1. The van der Waals surface area contributed by atoms with Crippen LogP contribution in [-0.4, -0.2) is 90.7 Å². The van der Waals surface area contributed by atoms with Gasteiger partial charge in [-0.25, -0.2) is 0 Å². The Balaban J connectivity index is 1.49. The van der Waals surface area contributed by atoms with Gasteiger partial charge in [0, 0.05) is 58.4 Å². The predicted molar refractivity (Wildman–Crippen MR) is 104 cm³/mol. The molecule has 0 aliphatic carbocycles. The van der Waals surface area contributed by atoms with E-state index in [1.807, 2.05) is 23.6 Å². The molecule has 0 bridgehead atoms. The fourth-order valence-corrected chi connectivity index (χ4v) is 4.23. The number of methoxy groups -OCH3 is 1. The highest BCUT2D eigenvalue weighted by molar-refractivity contribution is 5.84. The maximum absolute atomic E-state index is 12.7. The van der Waals surface area contributed by atoms with Crippen molar-refractivity contribution in [3.63, 3.8) is 0 Å². The van der Waals surface area contributed by atoms with Crippen LogP contribution in [0.4, 0.5) is 0 Å². The van der Waals surface area contributed by atoms with Crippen LogP contribution in [0.2, 0.25) is 0 Å². The molecule has 2 saturated heterocycles. The Bertz CT molecular complexity index is 670. The van der Waals surface area contributed by atoms with Crippen molar-refractivity contribution >= 4 is 11.8 Å². The van der Waals surface area contributed by atoms with E-state index in [0.29, 0.717) is 32.5 Å². The molecule has 1 aromatic rings. The van der Waals surface area contributed by atoms with Gasteiger partial charge in [0.2, 0.25) is 11.8 Å². The predicted octanol–water partition coefficient (Wildman–Crippen LogP) is 1.01. The van der Waals surface area contributed by atoms with E-state index in [9.17, 15) is 9.59 Å². The quantitative estimate of drug-likeness (QED) is 0.689. The van der Waals surface area contributed by atoms with E-state index < -0.39 is 0 Å². The molecule has 0 spiro atoms. The van der Waals surface area contributed by atoms with E-state index in [1.54, 1.807) is 7.11 Å². The number of aromatic nitrogens is 1. The maximum Gasteiger partial charge on any atom is 0.240 e. The molecule has 2 aliphatic rings. The number of rotatable bonds is 7. The first-order valence-electron chi connectivity index (χ1n) is 10.2. The summed E-state index contributed by atoms with van der Waals surface area (Å²) in [6.45, 7) is 8.88. The van der Waals surface area contributed by atoms with Crippen molar-refractivity contribution in [1.29, 1.82) is 0 Å². The van der Waals surface area contributed by atoms with E-state index in [1.165, 1.54) is 0 Å². The maximum atomic E-state index is 12.7. The third kappa shape index (κ3) is 4.72. The summed E-state index contributed by atoms with van der Waals surface area (Å²) in [6, 6.07) is -0.0470. The zero-order valence-corrected chi connectivity index (χ0v) is 17.3. The molecule has 0 saturated carbocycles. The highest BCUT2D eigenvalue weighted by Crippen LogP contribution is 2.20. The number of hydrogen-bond acceptors (Lipinski definition) is 6. The Labute approximate surface area is 166 Å². The van der Waals surface area contributed by atoms with Crippen LogP contribution < -0.4 is 0 Å². The Morgan fingerprint density at radius 3 is 2.75 bits per heavy atom. The molecule has 0 N–H and O–H groups in total. The van der Waals surface area contributed by atoms with Crippen LogP contribution in [0, 0.1) is 13.8 Å². The molecular formula is C20H32N4O4. The van der Waals surface area contributed by atoms with Gasteiger partial charge in [0.05, 0.1) is 18.3 Å². The summed E-state index contributed by atoms with van der Waals surface area (Å²) in [4.78, 5) is 31.5. The van der Waals surface area contributed by atoms with Crippen molar-refractivity contribution in [1.82, 2.24) is 19.9 Å². The van der Waals surface area contributed by atoms with Gasteiger partial charge in [-0.2, -0.15) is 0 Å². The minimum absolute atomic E-state index is 0.0470. The number of ether oxygens (including phenoxy) is 1. The number of amides is 2. The Morgan fingerprint density at radius 1 is 1.21 bits per heavy atom. The van der Waals surface area contributed by atoms with Crippen LogP contribution in [0.3, 0.4) is 0 Å². The molecular weight excluding hydrogens is 360 g/mol. The first-order chi connectivity index (χ1) is 13.5. The first kappa shape index (κ1) is 20.8. The van der Waals surface area contributed by atoms with E-state index in [2.05, 4.69) is 10.1 Å². The second kappa shape index (κ2) is 9.52. The van der Waals surface area contributed by atoms with Gasteiger partial charge in [0.15, 0.2) is 0 Å². The summed E-state index contributed by atoms with van der Waals surface area (Å²) in [6.07, 6.45) is 2.90. The molecule has 1 aromatic heterocycles. The molecule has 0 aromatic carbocycles. The van der Waals surface area contributed by atoms with Crippen molar-refractivity contribution in [2.75, 3.05) is 53.0 Å². The van der Waals surface area contributed by atoms with Gasteiger partial charge in [-0.05, 0) is 33.1 Å². The summed E-state index contributed by atoms with van der Waals surface area (Å²) in [5.74, 6) is 1.17. The molecule has 156 valence electrons. The second-order valence-corrected chi connectivity index (χ2v) is 7.70. The van der Waals surface area contributed by atoms with E-state index >= 15 is 0 Å². The smallest absolute Gasteiger partial charge is 0.240 e. The van der Waals surface area contributed by atoms with Crippen LogP contribution in [0.5, 0.6) is 0 Å². The molecule has 8 heteroatoms. The van der Waals surface area contributed by atoms with Gasteiger partial charge in [0.25, 0.3) is 0 Å². The van der Waals surface area contributed by atoms with Gasteiger partial charge in [-0.15, -0.1) is 0 Å². The molecule has 2 fully saturated rings. The Morgan fingerprint density at radius 2 is 2.04 bits per heavy atom. The lowest BCUT2D eigenvalue weighted by Crippen LogP contribution is -2.44. The minimum atomic E-state index is -0.0470. The van der Waals surface area contributed by atoms with Crippen LogP contribution in [0.1, 0.15) is 36.3 Å². The van der Waals surface area contributed by atoms with Crippen molar-refractivity contribution in [2.45, 2.75) is 45.6 Å². The standard InChI is InChI=1S/C20H32N4O4/c1-15-17(16(2)28-21-15)5-6-19(25)23-9-4-8-22(11-12-23)18-7-10-24(20(18)26)13-14-27-3/h18H,4-14H2,1-3H3/t18-/m0/s1. The Kier molecular flexibility index (Phi) is 7.07. The molecule has 3 rings (SSSR count). The molecule has 2 amide bonds. The summed E-state index contributed by atoms with van der Waals surface area (Å²) < 4.78 is 10.3. The number of aryl methyl sites for hydroxylation is 2. The zero-order chi connectivity index (χ0) is 20.1. The van der Waals surface area contributed by atoms with Crippen LogP contribution in [0.25, 0.3) is 0 Å². The molecule has 8 nitrogen and oxygen atoms in total. The fraction of sp³-hybridized carbons (Fsp3) is 0.750. The molecule has 0 unspecified atom stereocenters. The molecule has 1 atom stereocenters. The summed E-state index contributed by atoms with van der Waals surface area (Å²) in [5.41, 5.74) is 1.91. The summed E-state index contributed by atoms with van der Waals surface area (Å²) in [7, 11) is 1.66. The topological polar surface area (TPSA) is 79.1 Å².